The molecule has 162 valence electrons. The Hall–Kier alpha value is -3.65. The number of carbonyl (C=O) groups excluding carboxylic acids is 1. The highest BCUT2D eigenvalue weighted by molar-refractivity contribution is 7.99. The Morgan fingerprint density at radius 3 is 2.56 bits per heavy atom. The van der Waals surface area contributed by atoms with Crippen molar-refractivity contribution < 1.29 is 9.53 Å². The Kier molecular flexibility index (Phi) is 6.81. The quantitative estimate of drug-likeness (QED) is 0.412. The van der Waals surface area contributed by atoms with Crippen LogP contribution >= 0.6 is 11.8 Å². The summed E-state index contributed by atoms with van der Waals surface area (Å²) in [6, 6.07) is 19.5. The first-order chi connectivity index (χ1) is 15.6. The van der Waals surface area contributed by atoms with Gasteiger partial charge in [0.2, 0.25) is 5.91 Å². The number of amides is 1. The second-order valence-electron chi connectivity index (χ2n) is 7.13. The molecule has 8 heteroatoms. The van der Waals surface area contributed by atoms with Crippen molar-refractivity contribution in [2.75, 3.05) is 12.9 Å². The molecular formula is C24H23N5O2S. The topological polar surface area (TPSA) is 81.9 Å². The second kappa shape index (κ2) is 10.1. The van der Waals surface area contributed by atoms with Crippen molar-refractivity contribution in [3.05, 3.63) is 84.2 Å². The van der Waals surface area contributed by atoms with Gasteiger partial charge in [0.05, 0.1) is 12.9 Å². The van der Waals surface area contributed by atoms with Crippen molar-refractivity contribution in [3.63, 3.8) is 0 Å². The van der Waals surface area contributed by atoms with Crippen LogP contribution in [0.4, 0.5) is 0 Å². The van der Waals surface area contributed by atoms with E-state index in [1.54, 1.807) is 19.5 Å². The van der Waals surface area contributed by atoms with Crippen LogP contribution in [0.2, 0.25) is 0 Å². The van der Waals surface area contributed by atoms with Crippen LogP contribution < -0.4 is 10.1 Å². The molecule has 32 heavy (non-hydrogen) atoms. The molecule has 1 N–H and O–H groups in total. The Bertz CT molecular complexity index is 1190. The van der Waals surface area contributed by atoms with E-state index in [0.29, 0.717) is 17.5 Å². The van der Waals surface area contributed by atoms with Crippen LogP contribution in [0, 0.1) is 6.92 Å². The van der Waals surface area contributed by atoms with E-state index >= 15 is 0 Å². The highest BCUT2D eigenvalue weighted by Crippen LogP contribution is 2.28. The molecule has 4 rings (SSSR count). The third kappa shape index (κ3) is 5.15. The predicted molar refractivity (Wildman–Crippen MR) is 125 cm³/mol. The summed E-state index contributed by atoms with van der Waals surface area (Å²) in [4.78, 5) is 16.6. The van der Waals surface area contributed by atoms with Crippen LogP contribution in [0.1, 0.15) is 11.1 Å². The minimum atomic E-state index is -0.0740. The average molecular weight is 446 g/mol. The van der Waals surface area contributed by atoms with Crippen LogP contribution in [-0.4, -0.2) is 38.5 Å². The number of rotatable bonds is 8. The van der Waals surface area contributed by atoms with Gasteiger partial charge in [0, 0.05) is 30.2 Å². The van der Waals surface area contributed by atoms with E-state index in [1.165, 1.54) is 11.8 Å². The Balaban J connectivity index is 1.49. The number of hydrogen-bond donors (Lipinski definition) is 1. The zero-order valence-electron chi connectivity index (χ0n) is 17.9. The van der Waals surface area contributed by atoms with Gasteiger partial charge >= 0.3 is 0 Å². The molecule has 0 radical (unpaired) electrons. The highest BCUT2D eigenvalue weighted by atomic mass is 32.2. The first-order valence-corrected chi connectivity index (χ1v) is 11.1. The number of pyridine rings is 1. The standard InChI is InChI=1S/C24H23N5O2S/c1-17-4-3-5-20(14-17)29-23(19-10-12-25-13-11-19)27-28-24(29)32-16-22(30)26-15-18-6-8-21(31-2)9-7-18/h3-14H,15-16H2,1-2H3,(H,26,30). The lowest BCUT2D eigenvalue weighted by Gasteiger charge is -2.11. The lowest BCUT2D eigenvalue weighted by molar-refractivity contribution is -0.118. The van der Waals surface area contributed by atoms with Gasteiger partial charge in [-0.2, -0.15) is 0 Å². The van der Waals surface area contributed by atoms with Gasteiger partial charge < -0.3 is 10.1 Å². The van der Waals surface area contributed by atoms with E-state index in [0.717, 1.165) is 28.1 Å². The zero-order valence-corrected chi connectivity index (χ0v) is 18.7. The summed E-state index contributed by atoms with van der Waals surface area (Å²) in [6.07, 6.45) is 3.45. The highest BCUT2D eigenvalue weighted by Gasteiger charge is 2.17. The van der Waals surface area contributed by atoms with E-state index in [2.05, 4.69) is 26.6 Å². The number of ether oxygens (including phenoxy) is 1. The lowest BCUT2D eigenvalue weighted by Crippen LogP contribution is -2.24. The molecule has 0 aliphatic rings. The van der Waals surface area contributed by atoms with Gasteiger partial charge in [-0.3, -0.25) is 14.3 Å². The van der Waals surface area contributed by atoms with E-state index in [9.17, 15) is 4.79 Å². The molecule has 2 heterocycles. The number of hydrogen-bond acceptors (Lipinski definition) is 6. The SMILES string of the molecule is COc1ccc(CNC(=O)CSc2nnc(-c3ccncc3)n2-c2cccc(C)c2)cc1. The first kappa shape index (κ1) is 21.6. The predicted octanol–water partition coefficient (Wildman–Crippen LogP) is 4.05. The fourth-order valence-electron chi connectivity index (χ4n) is 3.18. The summed E-state index contributed by atoms with van der Waals surface area (Å²) in [5.41, 5.74) is 3.99. The zero-order chi connectivity index (χ0) is 22.3. The summed E-state index contributed by atoms with van der Waals surface area (Å²) in [6.45, 7) is 2.50. The molecule has 4 aromatic rings. The minimum Gasteiger partial charge on any atom is -0.497 e. The molecule has 0 unspecified atom stereocenters. The number of aryl methyl sites for hydroxylation is 1. The molecule has 0 bridgehead atoms. The fourth-order valence-corrected chi connectivity index (χ4v) is 3.96. The van der Waals surface area contributed by atoms with Crippen molar-refractivity contribution in [3.8, 4) is 22.8 Å². The largest absolute Gasteiger partial charge is 0.497 e. The first-order valence-electron chi connectivity index (χ1n) is 10.1. The maximum absolute atomic E-state index is 12.5. The molecule has 0 saturated carbocycles. The summed E-state index contributed by atoms with van der Waals surface area (Å²) in [5, 5.41) is 12.4. The van der Waals surface area contributed by atoms with E-state index in [-0.39, 0.29) is 11.7 Å². The molecule has 1 amide bonds. The fraction of sp³-hybridized carbons (Fsp3) is 0.167. The van der Waals surface area contributed by atoms with Crippen molar-refractivity contribution in [2.24, 2.45) is 0 Å². The molecule has 7 nitrogen and oxygen atoms in total. The smallest absolute Gasteiger partial charge is 0.230 e. The van der Waals surface area contributed by atoms with Gasteiger partial charge in [-0.1, -0.05) is 36.0 Å². The third-order valence-corrected chi connectivity index (χ3v) is 5.74. The van der Waals surface area contributed by atoms with Crippen LogP contribution in [0.3, 0.4) is 0 Å². The third-order valence-electron chi connectivity index (χ3n) is 4.81. The van der Waals surface area contributed by atoms with Crippen LogP contribution in [0.25, 0.3) is 17.1 Å². The number of benzene rings is 2. The number of nitrogens with one attached hydrogen (secondary N) is 1. The van der Waals surface area contributed by atoms with Crippen molar-refractivity contribution in [2.45, 2.75) is 18.6 Å². The van der Waals surface area contributed by atoms with Gasteiger partial charge in [0.15, 0.2) is 11.0 Å². The number of carbonyl (C=O) groups is 1. The normalized spacial score (nSPS) is 10.7. The van der Waals surface area contributed by atoms with Gasteiger partial charge in [-0.05, 0) is 54.4 Å². The molecule has 0 atom stereocenters. The van der Waals surface area contributed by atoms with E-state index in [4.69, 9.17) is 4.74 Å². The monoisotopic (exact) mass is 445 g/mol. The lowest BCUT2D eigenvalue weighted by atomic mass is 10.2. The molecular weight excluding hydrogens is 422 g/mol. The van der Waals surface area contributed by atoms with E-state index < -0.39 is 0 Å². The molecule has 0 fully saturated rings. The summed E-state index contributed by atoms with van der Waals surface area (Å²) in [5.74, 6) is 1.65. The molecule has 0 aliphatic carbocycles. The van der Waals surface area contributed by atoms with Gasteiger partial charge in [0.25, 0.3) is 0 Å². The van der Waals surface area contributed by atoms with Gasteiger partial charge in [-0.25, -0.2) is 0 Å². The Morgan fingerprint density at radius 2 is 1.84 bits per heavy atom. The van der Waals surface area contributed by atoms with Crippen LogP contribution in [0.15, 0.2) is 78.2 Å². The van der Waals surface area contributed by atoms with Gasteiger partial charge in [0.1, 0.15) is 5.75 Å². The maximum atomic E-state index is 12.5. The summed E-state index contributed by atoms with van der Waals surface area (Å²) < 4.78 is 7.14. The Morgan fingerprint density at radius 1 is 1.06 bits per heavy atom. The van der Waals surface area contributed by atoms with Crippen LogP contribution in [0.5, 0.6) is 5.75 Å². The minimum absolute atomic E-state index is 0.0740. The van der Waals surface area contributed by atoms with Crippen molar-refractivity contribution >= 4 is 17.7 Å². The number of methoxy groups -OCH3 is 1. The van der Waals surface area contributed by atoms with Crippen molar-refractivity contribution in [1.82, 2.24) is 25.1 Å². The molecule has 2 aromatic carbocycles. The maximum Gasteiger partial charge on any atom is 0.230 e. The number of thioether (sulfide) groups is 1. The molecule has 0 aliphatic heterocycles. The van der Waals surface area contributed by atoms with E-state index in [1.807, 2.05) is 66.1 Å². The number of aromatic nitrogens is 4. The Labute approximate surface area is 190 Å². The summed E-state index contributed by atoms with van der Waals surface area (Å²) >= 11 is 1.35. The number of nitrogens with zero attached hydrogens (tertiary/aromatic N) is 4. The second-order valence-corrected chi connectivity index (χ2v) is 8.07. The molecule has 0 saturated heterocycles. The average Bonchev–Trinajstić information content (AvgIpc) is 3.26. The summed E-state index contributed by atoms with van der Waals surface area (Å²) in [7, 11) is 1.63. The van der Waals surface area contributed by atoms with Crippen LogP contribution in [-0.2, 0) is 11.3 Å². The van der Waals surface area contributed by atoms with Gasteiger partial charge in [-0.15, -0.1) is 10.2 Å². The molecule has 0 spiro atoms. The van der Waals surface area contributed by atoms with Crippen molar-refractivity contribution in [1.29, 1.82) is 0 Å². The molecule has 2 aromatic heterocycles.